The Labute approximate surface area is 105 Å². The first-order valence-corrected chi connectivity index (χ1v) is 7.17. The van der Waals surface area contributed by atoms with Crippen LogP contribution in [0.1, 0.15) is 51.4 Å². The molecule has 0 saturated heterocycles. The largest absolute Gasteiger partial charge is 0.393 e. The zero-order valence-corrected chi connectivity index (χ0v) is 11.0. The molecule has 0 radical (unpaired) electrons. The van der Waals surface area contributed by atoms with Crippen molar-refractivity contribution in [1.29, 1.82) is 0 Å². The molecule has 0 aromatic carbocycles. The fourth-order valence-corrected chi connectivity index (χ4v) is 3.29. The molecule has 1 fully saturated rings. The van der Waals surface area contributed by atoms with Gasteiger partial charge in [-0.2, -0.15) is 0 Å². The van der Waals surface area contributed by atoms with Crippen LogP contribution in [0.2, 0.25) is 0 Å². The van der Waals surface area contributed by atoms with Gasteiger partial charge in [0, 0.05) is 7.11 Å². The van der Waals surface area contributed by atoms with Crippen molar-refractivity contribution in [2.45, 2.75) is 63.6 Å². The van der Waals surface area contributed by atoms with Gasteiger partial charge in [-0.1, -0.05) is 25.0 Å². The topological polar surface area (TPSA) is 29.5 Å². The highest BCUT2D eigenvalue weighted by Gasteiger charge is 2.24. The van der Waals surface area contributed by atoms with Gasteiger partial charge in [0.05, 0.1) is 12.2 Å². The van der Waals surface area contributed by atoms with Gasteiger partial charge in [-0.05, 0) is 50.4 Å². The Balaban J connectivity index is 1.73. The molecule has 2 rings (SSSR count). The van der Waals surface area contributed by atoms with E-state index in [2.05, 4.69) is 12.2 Å². The Bertz CT molecular complexity index is 249. The maximum atomic E-state index is 9.95. The third kappa shape index (κ3) is 3.82. The summed E-state index contributed by atoms with van der Waals surface area (Å²) in [6.45, 7) is 0. The van der Waals surface area contributed by atoms with E-state index in [1.807, 2.05) is 7.11 Å². The summed E-state index contributed by atoms with van der Waals surface area (Å²) in [5, 5.41) is 9.95. The van der Waals surface area contributed by atoms with Crippen LogP contribution in [0.5, 0.6) is 0 Å². The van der Waals surface area contributed by atoms with E-state index < -0.39 is 0 Å². The minimum Gasteiger partial charge on any atom is -0.393 e. The first kappa shape index (κ1) is 13.1. The number of hydrogen-bond acceptors (Lipinski definition) is 2. The molecule has 98 valence electrons. The molecule has 4 atom stereocenters. The predicted molar refractivity (Wildman–Crippen MR) is 69.9 cm³/mol. The van der Waals surface area contributed by atoms with Crippen molar-refractivity contribution in [2.75, 3.05) is 7.11 Å². The van der Waals surface area contributed by atoms with E-state index in [1.165, 1.54) is 32.1 Å². The number of hydrogen-bond donors (Lipinski definition) is 1. The lowest BCUT2D eigenvalue weighted by molar-refractivity contribution is 0.0563. The third-order valence-electron chi connectivity index (χ3n) is 4.48. The molecule has 2 aliphatic rings. The molecule has 2 heteroatoms. The number of methoxy groups -OCH3 is 1. The minimum atomic E-state index is -0.0328. The number of aliphatic hydroxyl groups excluding tert-OH is 1. The highest BCUT2D eigenvalue weighted by Crippen LogP contribution is 2.31. The Morgan fingerprint density at radius 1 is 1.24 bits per heavy atom. The number of rotatable bonds is 4. The highest BCUT2D eigenvalue weighted by atomic mass is 16.5. The Morgan fingerprint density at radius 2 is 2.06 bits per heavy atom. The standard InChI is InChI=1S/C15H26O2/c1-17-14-7-4-5-12(11-14)9-10-13-6-2-3-8-15(13)16/h4-5,12-16H,2-3,6-11H2,1H3. The van der Waals surface area contributed by atoms with Crippen LogP contribution < -0.4 is 0 Å². The molecule has 0 bridgehead atoms. The van der Waals surface area contributed by atoms with Crippen molar-refractivity contribution < 1.29 is 9.84 Å². The zero-order valence-electron chi connectivity index (χ0n) is 11.0. The molecular weight excluding hydrogens is 212 g/mol. The number of ether oxygens (including phenoxy) is 1. The van der Waals surface area contributed by atoms with Crippen molar-refractivity contribution in [3.63, 3.8) is 0 Å². The molecule has 0 heterocycles. The van der Waals surface area contributed by atoms with Crippen LogP contribution in [-0.4, -0.2) is 24.4 Å². The maximum absolute atomic E-state index is 9.95. The van der Waals surface area contributed by atoms with Crippen molar-refractivity contribution in [3.05, 3.63) is 12.2 Å². The second kappa shape index (κ2) is 6.55. The van der Waals surface area contributed by atoms with Gasteiger partial charge < -0.3 is 9.84 Å². The molecule has 17 heavy (non-hydrogen) atoms. The van der Waals surface area contributed by atoms with E-state index >= 15 is 0 Å². The monoisotopic (exact) mass is 238 g/mol. The number of aliphatic hydroxyl groups is 1. The first-order valence-electron chi connectivity index (χ1n) is 7.17. The van der Waals surface area contributed by atoms with Crippen LogP contribution in [-0.2, 0) is 4.74 Å². The van der Waals surface area contributed by atoms with Crippen molar-refractivity contribution in [2.24, 2.45) is 11.8 Å². The summed E-state index contributed by atoms with van der Waals surface area (Å²) in [4.78, 5) is 0. The van der Waals surface area contributed by atoms with Crippen LogP contribution in [0, 0.1) is 11.8 Å². The van der Waals surface area contributed by atoms with E-state index in [0.717, 1.165) is 19.3 Å². The average molecular weight is 238 g/mol. The summed E-state index contributed by atoms with van der Waals surface area (Å²) >= 11 is 0. The lowest BCUT2D eigenvalue weighted by Gasteiger charge is -2.30. The first-order chi connectivity index (χ1) is 8.29. The van der Waals surface area contributed by atoms with Gasteiger partial charge >= 0.3 is 0 Å². The fraction of sp³-hybridized carbons (Fsp3) is 0.867. The molecule has 1 saturated carbocycles. The zero-order chi connectivity index (χ0) is 12.1. The number of allylic oxidation sites excluding steroid dienone is 1. The smallest absolute Gasteiger partial charge is 0.0611 e. The summed E-state index contributed by atoms with van der Waals surface area (Å²) in [6, 6.07) is 0. The van der Waals surface area contributed by atoms with Crippen molar-refractivity contribution in [1.82, 2.24) is 0 Å². The Hall–Kier alpha value is -0.340. The highest BCUT2D eigenvalue weighted by molar-refractivity contribution is 4.97. The van der Waals surface area contributed by atoms with E-state index in [-0.39, 0.29) is 6.10 Å². The molecule has 4 unspecified atom stereocenters. The SMILES string of the molecule is COC1CC=CC(CCC2CCCCC2O)C1. The Morgan fingerprint density at radius 3 is 2.82 bits per heavy atom. The maximum Gasteiger partial charge on any atom is 0.0611 e. The predicted octanol–water partition coefficient (Wildman–Crippen LogP) is 3.30. The minimum absolute atomic E-state index is 0.0328. The van der Waals surface area contributed by atoms with Gasteiger partial charge in [0.25, 0.3) is 0 Å². The second-order valence-corrected chi connectivity index (χ2v) is 5.71. The van der Waals surface area contributed by atoms with Gasteiger partial charge in [-0.25, -0.2) is 0 Å². The second-order valence-electron chi connectivity index (χ2n) is 5.71. The van der Waals surface area contributed by atoms with Crippen LogP contribution >= 0.6 is 0 Å². The van der Waals surface area contributed by atoms with E-state index in [4.69, 9.17) is 4.74 Å². The lowest BCUT2D eigenvalue weighted by Crippen LogP contribution is -2.25. The van der Waals surface area contributed by atoms with Gasteiger partial charge in [0.1, 0.15) is 0 Å². The molecule has 0 aromatic heterocycles. The van der Waals surface area contributed by atoms with Crippen LogP contribution in [0.25, 0.3) is 0 Å². The Kier molecular flexibility index (Phi) is 5.05. The molecule has 2 aliphatic carbocycles. The van der Waals surface area contributed by atoms with Gasteiger partial charge in [-0.15, -0.1) is 0 Å². The normalized spacial score (nSPS) is 38.2. The van der Waals surface area contributed by atoms with Crippen LogP contribution in [0.15, 0.2) is 12.2 Å². The van der Waals surface area contributed by atoms with Gasteiger partial charge in [-0.3, -0.25) is 0 Å². The van der Waals surface area contributed by atoms with E-state index in [1.54, 1.807) is 0 Å². The molecular formula is C15H26O2. The third-order valence-corrected chi connectivity index (χ3v) is 4.48. The molecule has 0 aromatic rings. The quantitative estimate of drug-likeness (QED) is 0.761. The average Bonchev–Trinajstić information content (AvgIpc) is 2.38. The molecule has 1 N–H and O–H groups in total. The summed E-state index contributed by atoms with van der Waals surface area (Å²) in [6.07, 6.45) is 14.4. The van der Waals surface area contributed by atoms with E-state index in [0.29, 0.717) is 17.9 Å². The van der Waals surface area contributed by atoms with Gasteiger partial charge in [0.15, 0.2) is 0 Å². The summed E-state index contributed by atoms with van der Waals surface area (Å²) in [7, 11) is 1.81. The van der Waals surface area contributed by atoms with Crippen molar-refractivity contribution in [3.8, 4) is 0 Å². The van der Waals surface area contributed by atoms with E-state index in [9.17, 15) is 5.11 Å². The summed E-state index contributed by atoms with van der Waals surface area (Å²) in [5.41, 5.74) is 0. The van der Waals surface area contributed by atoms with Crippen LogP contribution in [0.3, 0.4) is 0 Å². The molecule has 0 spiro atoms. The summed E-state index contributed by atoms with van der Waals surface area (Å²) in [5.74, 6) is 1.22. The summed E-state index contributed by atoms with van der Waals surface area (Å²) < 4.78 is 5.43. The van der Waals surface area contributed by atoms with Gasteiger partial charge in [0.2, 0.25) is 0 Å². The molecule has 2 nitrogen and oxygen atoms in total. The lowest BCUT2D eigenvalue weighted by atomic mass is 9.80. The van der Waals surface area contributed by atoms with Crippen LogP contribution in [0.4, 0.5) is 0 Å². The molecule has 0 amide bonds. The fourth-order valence-electron chi connectivity index (χ4n) is 3.29. The van der Waals surface area contributed by atoms with Crippen molar-refractivity contribution >= 4 is 0 Å². The molecule has 0 aliphatic heterocycles.